The molecule has 0 saturated carbocycles. The molecule has 0 bridgehead atoms. The third-order valence-corrected chi connectivity index (χ3v) is 8.42. The Morgan fingerprint density at radius 2 is 1.79 bits per heavy atom. The maximum absolute atomic E-state index is 13.7. The standard InChI is InChI=1S/C36H46F3N5O4/c1-4-48-34(45)14-7-5-6-8-20-43-21-17-27(18-22-43)42-30-12-9-13-32-29(30)24-28(44(32)25-36(37,38)39)11-10-19-41-31-16-15-26(35(46)40-2)23-33(31)47-3/h9,12-13,15-16,23-24,27,41-42H,4-8,14,17-22,25H2,1-3H3,(H,40,46). The lowest BCUT2D eigenvalue weighted by Crippen LogP contribution is -2.39. The van der Waals surface area contributed by atoms with Gasteiger partial charge in [-0.2, -0.15) is 13.2 Å². The van der Waals surface area contributed by atoms with Crippen LogP contribution in [0.2, 0.25) is 0 Å². The molecule has 260 valence electrons. The van der Waals surface area contributed by atoms with Gasteiger partial charge in [-0.1, -0.05) is 24.8 Å². The predicted molar refractivity (Wildman–Crippen MR) is 183 cm³/mol. The van der Waals surface area contributed by atoms with Crippen molar-refractivity contribution >= 4 is 34.2 Å². The lowest BCUT2D eigenvalue weighted by atomic mass is 10.0. The molecule has 0 aliphatic carbocycles. The number of likely N-dealkylation sites (tertiary alicyclic amines) is 1. The fourth-order valence-corrected chi connectivity index (χ4v) is 5.97. The molecule has 0 radical (unpaired) electrons. The number of hydrogen-bond acceptors (Lipinski definition) is 7. The van der Waals surface area contributed by atoms with Crippen molar-refractivity contribution in [1.82, 2.24) is 14.8 Å². The summed E-state index contributed by atoms with van der Waals surface area (Å²) in [6, 6.07) is 12.3. The first-order valence-corrected chi connectivity index (χ1v) is 16.6. The second kappa shape index (κ2) is 17.7. The molecule has 9 nitrogen and oxygen atoms in total. The molecule has 1 saturated heterocycles. The minimum atomic E-state index is -4.42. The summed E-state index contributed by atoms with van der Waals surface area (Å²) in [6.45, 7) is 4.18. The molecule has 1 aliphatic rings. The predicted octanol–water partition coefficient (Wildman–Crippen LogP) is 6.43. The minimum Gasteiger partial charge on any atom is -0.495 e. The highest BCUT2D eigenvalue weighted by Crippen LogP contribution is 2.31. The molecule has 2 heterocycles. The van der Waals surface area contributed by atoms with Crippen molar-refractivity contribution in [2.24, 2.45) is 0 Å². The van der Waals surface area contributed by atoms with Crippen molar-refractivity contribution in [1.29, 1.82) is 0 Å². The van der Waals surface area contributed by atoms with Crippen molar-refractivity contribution < 1.29 is 32.2 Å². The van der Waals surface area contributed by atoms with E-state index < -0.39 is 12.7 Å². The summed E-state index contributed by atoms with van der Waals surface area (Å²) in [5.41, 5.74) is 2.60. The Hall–Kier alpha value is -4.37. The average molecular weight is 670 g/mol. The summed E-state index contributed by atoms with van der Waals surface area (Å²) < 4.78 is 52.7. The molecule has 1 aromatic heterocycles. The summed E-state index contributed by atoms with van der Waals surface area (Å²) in [7, 11) is 3.03. The van der Waals surface area contributed by atoms with Crippen molar-refractivity contribution in [2.75, 3.05) is 57.6 Å². The molecule has 48 heavy (non-hydrogen) atoms. The van der Waals surface area contributed by atoms with E-state index in [1.165, 1.54) is 11.7 Å². The number of hydrogen-bond donors (Lipinski definition) is 3. The van der Waals surface area contributed by atoms with Crippen LogP contribution in [-0.4, -0.2) is 80.5 Å². The highest BCUT2D eigenvalue weighted by Gasteiger charge is 2.30. The SMILES string of the molecule is CCOC(=O)CCCCCCN1CCC(Nc2cccc3c2cc(C#CCNc2ccc(C(=O)NC)cc2OC)n3CC(F)(F)F)CC1. The van der Waals surface area contributed by atoms with E-state index in [-0.39, 0.29) is 30.2 Å². The van der Waals surface area contributed by atoms with Gasteiger partial charge in [0.2, 0.25) is 0 Å². The third-order valence-electron chi connectivity index (χ3n) is 8.42. The van der Waals surface area contributed by atoms with Crippen LogP contribution in [0.1, 0.15) is 67.9 Å². The number of nitrogens with one attached hydrogen (secondary N) is 3. The molecule has 0 atom stereocenters. The molecular formula is C36H46F3N5O4. The number of aromatic nitrogens is 1. The number of alkyl halides is 3. The summed E-state index contributed by atoms with van der Waals surface area (Å²) in [5, 5.41) is 9.99. The van der Waals surface area contributed by atoms with E-state index in [9.17, 15) is 22.8 Å². The van der Waals surface area contributed by atoms with E-state index in [1.54, 1.807) is 43.4 Å². The molecule has 1 fully saturated rings. The lowest BCUT2D eigenvalue weighted by molar-refractivity contribution is -0.143. The van der Waals surface area contributed by atoms with Gasteiger partial charge >= 0.3 is 12.1 Å². The van der Waals surface area contributed by atoms with Gasteiger partial charge in [0.15, 0.2) is 0 Å². The number of unbranched alkanes of at least 4 members (excludes halogenated alkanes) is 3. The second-order valence-electron chi connectivity index (χ2n) is 11.8. The fourth-order valence-electron chi connectivity index (χ4n) is 5.97. The molecule has 3 N–H and O–H groups in total. The number of methoxy groups -OCH3 is 1. The fraction of sp³-hybridized carbons (Fsp3) is 0.500. The molecule has 12 heteroatoms. The molecule has 2 aromatic carbocycles. The number of nitrogens with zero attached hydrogens (tertiary/aromatic N) is 2. The van der Waals surface area contributed by atoms with Crippen molar-refractivity contribution in [2.45, 2.75) is 70.6 Å². The van der Waals surface area contributed by atoms with Crippen LogP contribution in [0.3, 0.4) is 0 Å². The van der Waals surface area contributed by atoms with Crippen LogP contribution in [0.25, 0.3) is 10.9 Å². The van der Waals surface area contributed by atoms with Crippen LogP contribution in [0.4, 0.5) is 24.5 Å². The number of benzene rings is 2. The van der Waals surface area contributed by atoms with Crippen LogP contribution in [0, 0.1) is 11.8 Å². The Morgan fingerprint density at radius 1 is 1.02 bits per heavy atom. The highest BCUT2D eigenvalue weighted by atomic mass is 19.4. The number of amides is 1. The van der Waals surface area contributed by atoms with Gasteiger partial charge in [-0.25, -0.2) is 0 Å². The number of esters is 1. The van der Waals surface area contributed by atoms with Gasteiger partial charge in [-0.15, -0.1) is 0 Å². The second-order valence-corrected chi connectivity index (χ2v) is 11.8. The van der Waals surface area contributed by atoms with Crippen LogP contribution < -0.4 is 20.7 Å². The zero-order valence-corrected chi connectivity index (χ0v) is 28.0. The number of fused-ring (bicyclic) bond motifs is 1. The van der Waals surface area contributed by atoms with Gasteiger partial charge < -0.3 is 34.9 Å². The van der Waals surface area contributed by atoms with E-state index in [0.29, 0.717) is 40.9 Å². The number of carbonyl (C=O) groups excluding carboxylic acids is 2. The summed E-state index contributed by atoms with van der Waals surface area (Å²) in [4.78, 5) is 25.9. The van der Waals surface area contributed by atoms with Crippen molar-refractivity contribution in [3.8, 4) is 17.6 Å². The summed E-state index contributed by atoms with van der Waals surface area (Å²) >= 11 is 0. The normalized spacial score (nSPS) is 13.9. The van der Waals surface area contributed by atoms with Gasteiger partial charge in [0.25, 0.3) is 5.91 Å². The summed E-state index contributed by atoms with van der Waals surface area (Å²) in [6.07, 6.45) is 1.98. The van der Waals surface area contributed by atoms with Gasteiger partial charge in [-0.05, 0) is 81.5 Å². The first kappa shape index (κ1) is 36.5. The maximum atomic E-state index is 13.7. The Morgan fingerprint density at radius 3 is 2.50 bits per heavy atom. The largest absolute Gasteiger partial charge is 0.495 e. The van der Waals surface area contributed by atoms with Crippen molar-refractivity contribution in [3.63, 3.8) is 0 Å². The number of halogens is 3. The van der Waals surface area contributed by atoms with E-state index in [2.05, 4.69) is 32.7 Å². The van der Waals surface area contributed by atoms with E-state index in [4.69, 9.17) is 9.47 Å². The van der Waals surface area contributed by atoms with Gasteiger partial charge in [0.05, 0.1) is 37.2 Å². The Balaban J connectivity index is 1.37. The molecule has 3 aromatic rings. The molecular weight excluding hydrogens is 623 g/mol. The zero-order valence-electron chi connectivity index (χ0n) is 28.0. The van der Waals surface area contributed by atoms with Gasteiger partial charge in [-0.3, -0.25) is 9.59 Å². The smallest absolute Gasteiger partial charge is 0.406 e. The molecule has 1 amide bonds. The van der Waals surface area contributed by atoms with Crippen LogP contribution >= 0.6 is 0 Å². The van der Waals surface area contributed by atoms with Crippen LogP contribution in [0.5, 0.6) is 5.75 Å². The lowest BCUT2D eigenvalue weighted by Gasteiger charge is -2.33. The monoisotopic (exact) mass is 669 g/mol. The third kappa shape index (κ3) is 10.6. The topological polar surface area (TPSA) is 96.9 Å². The number of piperidine rings is 1. The Kier molecular flexibility index (Phi) is 13.4. The van der Waals surface area contributed by atoms with Crippen LogP contribution in [0.15, 0.2) is 42.5 Å². The maximum Gasteiger partial charge on any atom is 0.406 e. The Bertz CT molecular complexity index is 1590. The average Bonchev–Trinajstić information content (AvgIpc) is 3.41. The highest BCUT2D eigenvalue weighted by molar-refractivity contribution is 5.95. The number of ether oxygens (including phenoxy) is 2. The zero-order chi connectivity index (χ0) is 34.5. The van der Waals surface area contributed by atoms with Gasteiger partial charge in [0.1, 0.15) is 12.3 Å². The summed E-state index contributed by atoms with van der Waals surface area (Å²) in [5.74, 6) is 5.97. The molecule has 0 unspecified atom stereocenters. The van der Waals surface area contributed by atoms with E-state index in [0.717, 1.165) is 63.8 Å². The number of rotatable bonds is 15. The number of anilines is 2. The Labute approximate surface area is 280 Å². The quantitative estimate of drug-likeness (QED) is 0.0976. The van der Waals surface area contributed by atoms with Crippen molar-refractivity contribution in [3.05, 3.63) is 53.7 Å². The van der Waals surface area contributed by atoms with E-state index in [1.807, 2.05) is 13.0 Å². The minimum absolute atomic E-state index is 0.123. The van der Waals surface area contributed by atoms with E-state index >= 15 is 0 Å². The molecule has 4 rings (SSSR count). The molecule has 0 spiro atoms. The first-order chi connectivity index (χ1) is 23.1. The molecule has 1 aliphatic heterocycles. The van der Waals surface area contributed by atoms with Gasteiger partial charge in [0, 0.05) is 49.2 Å². The van der Waals surface area contributed by atoms with Crippen LogP contribution in [-0.2, 0) is 16.1 Å². The number of carbonyl (C=O) groups is 2. The first-order valence-electron chi connectivity index (χ1n) is 16.6.